The number of nitrogens with two attached hydrogens (primary N) is 1. The number of pyridine rings is 1. The molecule has 0 saturated carbocycles. The van der Waals surface area contributed by atoms with Crippen LogP contribution in [0.3, 0.4) is 0 Å². The number of carbonyl (C=O) groups excluding carboxylic acids is 1. The molecule has 0 spiro atoms. The maximum Gasteiger partial charge on any atom is 0.270 e. The van der Waals surface area contributed by atoms with Crippen LogP contribution in [0.2, 0.25) is 0 Å². The topological polar surface area (TPSA) is 59.2 Å². The standard InChI is InChI=1S/C18H17N3OS/c1-11-8-9-13-15(19)16(23-17(13)20-11)18(22)21-10-4-6-12-5-2-3-7-14(12)21/h2-3,5,7-9H,4,6,10,19H2,1H3. The van der Waals surface area contributed by atoms with Crippen molar-refractivity contribution in [3.63, 3.8) is 0 Å². The predicted molar refractivity (Wildman–Crippen MR) is 95.2 cm³/mol. The number of thiophene rings is 1. The minimum Gasteiger partial charge on any atom is -0.397 e. The van der Waals surface area contributed by atoms with Gasteiger partial charge in [0.25, 0.3) is 5.91 Å². The molecule has 0 radical (unpaired) electrons. The summed E-state index contributed by atoms with van der Waals surface area (Å²) in [7, 11) is 0. The first-order valence-corrected chi connectivity index (χ1v) is 8.52. The third-order valence-electron chi connectivity index (χ3n) is 4.28. The normalized spacial score (nSPS) is 14.0. The number of aryl methyl sites for hydroxylation is 2. The molecule has 3 heterocycles. The third kappa shape index (κ3) is 2.28. The number of amides is 1. The summed E-state index contributed by atoms with van der Waals surface area (Å²) in [6.45, 7) is 2.67. The fourth-order valence-electron chi connectivity index (χ4n) is 3.12. The lowest BCUT2D eigenvalue weighted by Crippen LogP contribution is -2.35. The summed E-state index contributed by atoms with van der Waals surface area (Å²) >= 11 is 1.39. The monoisotopic (exact) mass is 323 g/mol. The molecule has 1 aliphatic heterocycles. The van der Waals surface area contributed by atoms with E-state index in [1.807, 2.05) is 42.2 Å². The number of hydrogen-bond acceptors (Lipinski definition) is 4. The van der Waals surface area contributed by atoms with Crippen LogP contribution in [0.25, 0.3) is 10.2 Å². The van der Waals surface area contributed by atoms with E-state index >= 15 is 0 Å². The van der Waals surface area contributed by atoms with Gasteiger partial charge in [-0.25, -0.2) is 4.98 Å². The quantitative estimate of drug-likeness (QED) is 0.741. The molecule has 4 nitrogen and oxygen atoms in total. The van der Waals surface area contributed by atoms with Gasteiger partial charge in [0.15, 0.2) is 0 Å². The van der Waals surface area contributed by atoms with Crippen LogP contribution >= 0.6 is 11.3 Å². The second kappa shape index (κ2) is 5.35. The van der Waals surface area contributed by atoms with Crippen molar-refractivity contribution in [2.45, 2.75) is 19.8 Å². The van der Waals surface area contributed by atoms with Crippen molar-refractivity contribution in [3.05, 3.63) is 52.5 Å². The molecule has 2 aromatic heterocycles. The largest absolute Gasteiger partial charge is 0.397 e. The van der Waals surface area contributed by atoms with Crippen molar-refractivity contribution in [1.82, 2.24) is 4.98 Å². The highest BCUT2D eigenvalue weighted by Crippen LogP contribution is 2.36. The molecule has 0 saturated heterocycles. The molecule has 5 heteroatoms. The number of carbonyl (C=O) groups is 1. The fraction of sp³-hybridized carbons (Fsp3) is 0.222. The third-order valence-corrected chi connectivity index (χ3v) is 5.39. The Hall–Kier alpha value is -2.40. The summed E-state index contributed by atoms with van der Waals surface area (Å²) in [6, 6.07) is 12.0. The van der Waals surface area contributed by atoms with Crippen molar-refractivity contribution in [1.29, 1.82) is 0 Å². The van der Waals surface area contributed by atoms with Crippen molar-refractivity contribution >= 4 is 38.8 Å². The van der Waals surface area contributed by atoms with Crippen molar-refractivity contribution in [2.24, 2.45) is 0 Å². The Bertz CT molecular complexity index is 916. The predicted octanol–water partition coefficient (Wildman–Crippen LogP) is 3.78. The van der Waals surface area contributed by atoms with Crippen LogP contribution in [0.1, 0.15) is 27.3 Å². The highest BCUT2D eigenvalue weighted by molar-refractivity contribution is 7.21. The van der Waals surface area contributed by atoms with Gasteiger partial charge in [-0.3, -0.25) is 4.79 Å². The molecule has 4 rings (SSSR count). The van der Waals surface area contributed by atoms with Crippen LogP contribution in [0.15, 0.2) is 36.4 Å². The Morgan fingerprint density at radius 3 is 2.96 bits per heavy atom. The number of nitrogens with zero attached hydrogens (tertiary/aromatic N) is 2. The van der Waals surface area contributed by atoms with Gasteiger partial charge >= 0.3 is 0 Å². The second-order valence-electron chi connectivity index (χ2n) is 5.84. The van der Waals surface area contributed by atoms with E-state index in [9.17, 15) is 4.79 Å². The molecule has 1 aromatic carbocycles. The summed E-state index contributed by atoms with van der Waals surface area (Å²) in [6.07, 6.45) is 1.99. The number of rotatable bonds is 1. The first-order valence-electron chi connectivity index (χ1n) is 7.70. The van der Waals surface area contributed by atoms with E-state index in [-0.39, 0.29) is 5.91 Å². The van der Waals surface area contributed by atoms with E-state index in [1.165, 1.54) is 16.9 Å². The Morgan fingerprint density at radius 1 is 1.26 bits per heavy atom. The van der Waals surface area contributed by atoms with Gasteiger partial charge < -0.3 is 10.6 Å². The molecule has 0 aliphatic carbocycles. The van der Waals surface area contributed by atoms with Crippen LogP contribution in [0.4, 0.5) is 11.4 Å². The Balaban J connectivity index is 1.80. The number of nitrogen functional groups attached to an aromatic ring is 1. The SMILES string of the molecule is Cc1ccc2c(N)c(C(=O)N3CCCc4ccccc43)sc2n1. The number of benzene rings is 1. The molecule has 23 heavy (non-hydrogen) atoms. The van der Waals surface area contributed by atoms with Crippen molar-refractivity contribution < 1.29 is 4.79 Å². The molecular weight excluding hydrogens is 306 g/mol. The van der Waals surface area contributed by atoms with Gasteiger partial charge in [-0.1, -0.05) is 18.2 Å². The maximum absolute atomic E-state index is 13.1. The van der Waals surface area contributed by atoms with E-state index in [1.54, 1.807) is 0 Å². The first-order chi connectivity index (χ1) is 11.1. The summed E-state index contributed by atoms with van der Waals surface area (Å²) in [5.74, 6) is -0.0182. The molecule has 0 atom stereocenters. The Labute approximate surface area is 138 Å². The summed E-state index contributed by atoms with van der Waals surface area (Å²) in [5, 5.41) is 0.870. The van der Waals surface area contributed by atoms with Crippen LogP contribution in [-0.4, -0.2) is 17.4 Å². The Kier molecular flexibility index (Phi) is 3.31. The number of anilines is 2. The zero-order chi connectivity index (χ0) is 16.0. The van der Waals surface area contributed by atoms with Crippen LogP contribution in [0, 0.1) is 6.92 Å². The van der Waals surface area contributed by atoms with Gasteiger partial charge in [-0.2, -0.15) is 0 Å². The molecule has 0 bridgehead atoms. The minimum atomic E-state index is -0.0182. The molecule has 1 amide bonds. The van der Waals surface area contributed by atoms with E-state index in [0.717, 1.165) is 41.0 Å². The number of para-hydroxylation sites is 1. The lowest BCUT2D eigenvalue weighted by atomic mass is 10.0. The van der Waals surface area contributed by atoms with Crippen LogP contribution in [-0.2, 0) is 6.42 Å². The van der Waals surface area contributed by atoms with Crippen LogP contribution in [0.5, 0.6) is 0 Å². The average molecular weight is 323 g/mol. The smallest absolute Gasteiger partial charge is 0.270 e. The van der Waals surface area contributed by atoms with E-state index in [4.69, 9.17) is 5.73 Å². The van der Waals surface area contributed by atoms with E-state index in [0.29, 0.717) is 10.6 Å². The maximum atomic E-state index is 13.1. The van der Waals surface area contributed by atoms with E-state index < -0.39 is 0 Å². The summed E-state index contributed by atoms with van der Waals surface area (Å²) in [5.41, 5.74) is 9.95. The number of fused-ring (bicyclic) bond motifs is 2. The fourth-order valence-corrected chi connectivity index (χ4v) is 4.20. The van der Waals surface area contributed by atoms with Gasteiger partial charge in [0.05, 0.1) is 5.69 Å². The lowest BCUT2D eigenvalue weighted by Gasteiger charge is -2.29. The average Bonchev–Trinajstić information content (AvgIpc) is 2.90. The Morgan fingerprint density at radius 2 is 2.09 bits per heavy atom. The number of aromatic nitrogens is 1. The van der Waals surface area contributed by atoms with Gasteiger partial charge in [0.2, 0.25) is 0 Å². The molecule has 0 unspecified atom stereocenters. The molecule has 116 valence electrons. The highest BCUT2D eigenvalue weighted by atomic mass is 32.1. The zero-order valence-electron chi connectivity index (χ0n) is 12.9. The molecule has 1 aliphatic rings. The van der Waals surface area contributed by atoms with Crippen molar-refractivity contribution in [3.8, 4) is 0 Å². The second-order valence-corrected chi connectivity index (χ2v) is 6.84. The van der Waals surface area contributed by atoms with Gasteiger partial charge in [0.1, 0.15) is 9.71 Å². The molecule has 2 N–H and O–H groups in total. The minimum absolute atomic E-state index is 0.0182. The number of hydrogen-bond donors (Lipinski definition) is 1. The van der Waals surface area contributed by atoms with Gasteiger partial charge in [-0.05, 0) is 43.5 Å². The molecule has 3 aromatic rings. The lowest BCUT2D eigenvalue weighted by molar-refractivity contribution is 0.0990. The highest BCUT2D eigenvalue weighted by Gasteiger charge is 2.27. The van der Waals surface area contributed by atoms with Crippen molar-refractivity contribution in [2.75, 3.05) is 17.2 Å². The summed E-state index contributed by atoms with van der Waals surface area (Å²) < 4.78 is 0. The zero-order valence-corrected chi connectivity index (χ0v) is 13.7. The van der Waals surface area contributed by atoms with Gasteiger partial charge in [0, 0.05) is 23.3 Å². The molecular formula is C18H17N3OS. The van der Waals surface area contributed by atoms with E-state index in [2.05, 4.69) is 11.1 Å². The molecule has 0 fully saturated rings. The van der Waals surface area contributed by atoms with Gasteiger partial charge in [-0.15, -0.1) is 11.3 Å². The summed E-state index contributed by atoms with van der Waals surface area (Å²) in [4.78, 5) is 20.8. The first kappa shape index (κ1) is 14.2. The van der Waals surface area contributed by atoms with Crippen LogP contribution < -0.4 is 10.6 Å².